The monoisotopic (exact) mass is 309 g/mol. The summed E-state index contributed by atoms with van der Waals surface area (Å²) in [5, 5.41) is 5.52. The fraction of sp³-hybridized carbons (Fsp3) is 0.286. The zero-order valence-corrected chi connectivity index (χ0v) is 12.4. The lowest BCUT2D eigenvalue weighted by molar-refractivity contribution is 0.602. The lowest BCUT2D eigenvalue weighted by Crippen LogP contribution is -2.17. The van der Waals surface area contributed by atoms with Gasteiger partial charge >= 0.3 is 0 Å². The van der Waals surface area contributed by atoms with Gasteiger partial charge in [-0.05, 0) is 48.0 Å². The molecule has 1 aromatic carbocycles. The van der Waals surface area contributed by atoms with Crippen LogP contribution in [-0.4, -0.2) is 7.05 Å². The fourth-order valence-electron chi connectivity index (χ4n) is 1.82. The van der Waals surface area contributed by atoms with Gasteiger partial charge in [-0.15, -0.1) is 11.3 Å². The predicted molar refractivity (Wildman–Crippen MR) is 78.7 cm³/mol. The minimum absolute atomic E-state index is 0.397. The Kier molecular flexibility index (Phi) is 4.37. The van der Waals surface area contributed by atoms with E-state index in [0.29, 0.717) is 6.04 Å². The van der Waals surface area contributed by atoms with E-state index in [4.69, 9.17) is 0 Å². The van der Waals surface area contributed by atoms with Crippen molar-refractivity contribution in [3.8, 4) is 0 Å². The van der Waals surface area contributed by atoms with Crippen LogP contribution in [-0.2, 0) is 6.42 Å². The Morgan fingerprint density at radius 1 is 1.29 bits per heavy atom. The molecule has 90 valence electrons. The highest BCUT2D eigenvalue weighted by atomic mass is 79.9. The maximum absolute atomic E-state index is 3.51. The van der Waals surface area contributed by atoms with Gasteiger partial charge in [0.2, 0.25) is 0 Å². The van der Waals surface area contributed by atoms with Crippen LogP contribution in [0.4, 0.5) is 0 Å². The van der Waals surface area contributed by atoms with Gasteiger partial charge in [0.15, 0.2) is 0 Å². The SMILES string of the molecule is CNC(Cc1ccc(C)cc1)c1cc(Br)cs1. The minimum atomic E-state index is 0.397. The smallest absolute Gasteiger partial charge is 0.0453 e. The lowest BCUT2D eigenvalue weighted by Gasteiger charge is -2.14. The van der Waals surface area contributed by atoms with Crippen molar-refractivity contribution in [2.75, 3.05) is 7.05 Å². The van der Waals surface area contributed by atoms with E-state index in [0.717, 1.165) is 6.42 Å². The Balaban J connectivity index is 2.12. The van der Waals surface area contributed by atoms with E-state index >= 15 is 0 Å². The van der Waals surface area contributed by atoms with Crippen LogP contribution in [0.2, 0.25) is 0 Å². The molecule has 0 aliphatic heterocycles. The molecule has 0 radical (unpaired) electrons. The number of hydrogen-bond acceptors (Lipinski definition) is 2. The van der Waals surface area contributed by atoms with Crippen molar-refractivity contribution >= 4 is 27.3 Å². The molecule has 0 aliphatic rings. The van der Waals surface area contributed by atoms with Crippen molar-refractivity contribution in [3.05, 3.63) is 56.2 Å². The third-order valence-corrected chi connectivity index (χ3v) is 4.65. The Morgan fingerprint density at radius 2 is 2.00 bits per heavy atom. The van der Waals surface area contributed by atoms with Crippen molar-refractivity contribution < 1.29 is 0 Å². The molecule has 2 aromatic rings. The molecule has 0 saturated carbocycles. The van der Waals surface area contributed by atoms with Crippen LogP contribution in [0, 0.1) is 6.92 Å². The average molecular weight is 310 g/mol. The predicted octanol–water partition coefficient (Wildman–Crippen LogP) is 4.32. The van der Waals surface area contributed by atoms with Gasteiger partial charge in [-0.25, -0.2) is 0 Å². The van der Waals surface area contributed by atoms with E-state index in [9.17, 15) is 0 Å². The first-order valence-corrected chi connectivity index (χ1v) is 7.33. The molecule has 3 heteroatoms. The number of aryl methyl sites for hydroxylation is 1. The van der Waals surface area contributed by atoms with Gasteiger partial charge in [0.05, 0.1) is 0 Å². The summed E-state index contributed by atoms with van der Waals surface area (Å²) in [5.74, 6) is 0. The molecular formula is C14H16BrNS. The van der Waals surface area contributed by atoms with E-state index in [1.54, 1.807) is 11.3 Å². The summed E-state index contributed by atoms with van der Waals surface area (Å²) in [4.78, 5) is 1.37. The highest BCUT2D eigenvalue weighted by molar-refractivity contribution is 9.10. The second kappa shape index (κ2) is 5.80. The normalized spacial score (nSPS) is 12.6. The zero-order chi connectivity index (χ0) is 12.3. The summed E-state index contributed by atoms with van der Waals surface area (Å²) in [5.41, 5.74) is 2.69. The number of thiophene rings is 1. The van der Waals surface area contributed by atoms with Crippen LogP contribution in [0.15, 0.2) is 40.2 Å². The van der Waals surface area contributed by atoms with Crippen molar-refractivity contribution in [1.29, 1.82) is 0 Å². The lowest BCUT2D eigenvalue weighted by atomic mass is 10.0. The van der Waals surface area contributed by atoms with Gasteiger partial charge < -0.3 is 5.32 Å². The van der Waals surface area contributed by atoms with Crippen LogP contribution in [0.3, 0.4) is 0 Å². The summed E-state index contributed by atoms with van der Waals surface area (Å²) in [6.07, 6.45) is 1.03. The molecule has 0 bridgehead atoms. The maximum atomic E-state index is 3.51. The van der Waals surface area contributed by atoms with E-state index in [-0.39, 0.29) is 0 Å². The summed E-state index contributed by atoms with van der Waals surface area (Å²) in [6, 6.07) is 11.4. The summed E-state index contributed by atoms with van der Waals surface area (Å²) >= 11 is 5.30. The zero-order valence-electron chi connectivity index (χ0n) is 10.0. The van der Waals surface area contributed by atoms with Gasteiger partial charge in [0, 0.05) is 20.8 Å². The standard InChI is InChI=1S/C14H16BrNS/c1-10-3-5-11(6-4-10)7-13(16-2)14-8-12(15)9-17-14/h3-6,8-9,13,16H,7H2,1-2H3. The number of rotatable bonds is 4. The topological polar surface area (TPSA) is 12.0 Å². The Labute approximate surface area is 115 Å². The van der Waals surface area contributed by atoms with E-state index in [2.05, 4.69) is 63.9 Å². The summed E-state index contributed by atoms with van der Waals surface area (Å²) in [6.45, 7) is 2.12. The molecule has 1 N–H and O–H groups in total. The molecule has 0 fully saturated rings. The molecule has 1 atom stereocenters. The molecule has 1 unspecified atom stereocenters. The maximum Gasteiger partial charge on any atom is 0.0453 e. The minimum Gasteiger partial charge on any atom is -0.312 e. The second-order valence-corrected chi connectivity index (χ2v) is 6.06. The van der Waals surface area contributed by atoms with Gasteiger partial charge in [-0.2, -0.15) is 0 Å². The molecule has 0 aliphatic carbocycles. The van der Waals surface area contributed by atoms with Gasteiger partial charge in [0.25, 0.3) is 0 Å². The van der Waals surface area contributed by atoms with Crippen LogP contribution in [0.1, 0.15) is 22.0 Å². The molecule has 2 rings (SSSR count). The quantitative estimate of drug-likeness (QED) is 0.886. The van der Waals surface area contributed by atoms with Crippen LogP contribution >= 0.6 is 27.3 Å². The molecule has 1 heterocycles. The molecule has 1 aromatic heterocycles. The molecular weight excluding hydrogens is 294 g/mol. The highest BCUT2D eigenvalue weighted by Crippen LogP contribution is 2.27. The first-order chi connectivity index (χ1) is 8.19. The van der Waals surface area contributed by atoms with Crippen LogP contribution in [0.25, 0.3) is 0 Å². The third-order valence-electron chi connectivity index (χ3n) is 2.84. The Hall–Kier alpha value is -0.640. The second-order valence-electron chi connectivity index (χ2n) is 4.20. The van der Waals surface area contributed by atoms with E-state index in [1.807, 2.05) is 7.05 Å². The number of halogens is 1. The first kappa shape index (κ1) is 12.8. The first-order valence-electron chi connectivity index (χ1n) is 5.66. The average Bonchev–Trinajstić information content (AvgIpc) is 2.75. The summed E-state index contributed by atoms with van der Waals surface area (Å²) < 4.78 is 1.17. The summed E-state index contributed by atoms with van der Waals surface area (Å²) in [7, 11) is 2.02. The van der Waals surface area contributed by atoms with Gasteiger partial charge in [-0.1, -0.05) is 29.8 Å². The van der Waals surface area contributed by atoms with E-state index < -0.39 is 0 Å². The van der Waals surface area contributed by atoms with Gasteiger partial charge in [-0.3, -0.25) is 0 Å². The molecule has 1 nitrogen and oxygen atoms in total. The van der Waals surface area contributed by atoms with E-state index in [1.165, 1.54) is 20.5 Å². The Bertz CT molecular complexity index is 475. The number of benzene rings is 1. The third kappa shape index (κ3) is 3.41. The van der Waals surface area contributed by atoms with Crippen LogP contribution < -0.4 is 5.32 Å². The largest absolute Gasteiger partial charge is 0.312 e. The fourth-order valence-corrected chi connectivity index (χ4v) is 3.37. The highest BCUT2D eigenvalue weighted by Gasteiger charge is 2.12. The number of nitrogens with one attached hydrogen (secondary N) is 1. The van der Waals surface area contributed by atoms with Crippen molar-refractivity contribution in [1.82, 2.24) is 5.32 Å². The van der Waals surface area contributed by atoms with Crippen LogP contribution in [0.5, 0.6) is 0 Å². The molecule has 0 saturated heterocycles. The van der Waals surface area contributed by atoms with Crippen molar-refractivity contribution in [3.63, 3.8) is 0 Å². The Morgan fingerprint density at radius 3 is 2.53 bits per heavy atom. The molecule has 0 spiro atoms. The molecule has 0 amide bonds. The van der Waals surface area contributed by atoms with Crippen molar-refractivity contribution in [2.24, 2.45) is 0 Å². The van der Waals surface area contributed by atoms with Crippen molar-refractivity contribution in [2.45, 2.75) is 19.4 Å². The van der Waals surface area contributed by atoms with Gasteiger partial charge in [0.1, 0.15) is 0 Å². The number of likely N-dealkylation sites (N-methyl/N-ethyl adjacent to an activating group) is 1. The number of hydrogen-bond donors (Lipinski definition) is 1. The molecule has 17 heavy (non-hydrogen) atoms.